The summed E-state index contributed by atoms with van der Waals surface area (Å²) in [4.78, 5) is 17.6. The lowest BCUT2D eigenvalue weighted by Gasteiger charge is -2.07. The van der Waals surface area contributed by atoms with E-state index < -0.39 is 0 Å². The van der Waals surface area contributed by atoms with Crippen LogP contribution in [0.5, 0.6) is 5.75 Å². The Bertz CT molecular complexity index is 901. The fourth-order valence-electron chi connectivity index (χ4n) is 2.57. The van der Waals surface area contributed by atoms with Crippen LogP contribution in [0.25, 0.3) is 0 Å². The molecule has 4 nitrogen and oxygen atoms in total. The van der Waals surface area contributed by atoms with Crippen LogP contribution in [0, 0.1) is 20.8 Å². The molecular formula is C21H22N2O2S. The SMILES string of the molecule is Cc1ccc(OCc2nc(C)c(C(=O)NCc3ccccc3C)s2)cc1. The molecule has 2 aromatic carbocycles. The van der Waals surface area contributed by atoms with Crippen molar-refractivity contribution in [2.24, 2.45) is 0 Å². The molecule has 0 fully saturated rings. The molecule has 1 aromatic heterocycles. The number of amides is 1. The van der Waals surface area contributed by atoms with Gasteiger partial charge in [0.2, 0.25) is 0 Å². The fraction of sp³-hybridized carbons (Fsp3) is 0.238. The van der Waals surface area contributed by atoms with Gasteiger partial charge in [0.25, 0.3) is 5.91 Å². The number of thiazole rings is 1. The van der Waals surface area contributed by atoms with E-state index >= 15 is 0 Å². The number of aryl methyl sites for hydroxylation is 3. The largest absolute Gasteiger partial charge is 0.486 e. The van der Waals surface area contributed by atoms with E-state index in [1.807, 2.05) is 69.3 Å². The molecule has 3 aromatic rings. The maximum Gasteiger partial charge on any atom is 0.263 e. The summed E-state index contributed by atoms with van der Waals surface area (Å²) in [6, 6.07) is 15.9. The third-order valence-corrected chi connectivity index (χ3v) is 5.26. The fourth-order valence-corrected chi connectivity index (χ4v) is 3.46. The molecule has 0 aliphatic heterocycles. The second kappa shape index (κ2) is 8.15. The lowest BCUT2D eigenvalue weighted by atomic mass is 10.1. The number of hydrogen-bond donors (Lipinski definition) is 1. The quantitative estimate of drug-likeness (QED) is 0.695. The molecule has 0 radical (unpaired) electrons. The average Bonchev–Trinajstić information content (AvgIpc) is 3.01. The van der Waals surface area contributed by atoms with E-state index in [1.165, 1.54) is 22.5 Å². The monoisotopic (exact) mass is 366 g/mol. The zero-order valence-electron chi connectivity index (χ0n) is 15.2. The second-order valence-corrected chi connectivity index (χ2v) is 7.32. The van der Waals surface area contributed by atoms with E-state index in [0.717, 1.165) is 22.0 Å². The summed E-state index contributed by atoms with van der Waals surface area (Å²) in [5, 5.41) is 3.78. The number of hydrogen-bond acceptors (Lipinski definition) is 4. The predicted octanol–water partition coefficient (Wildman–Crippen LogP) is 4.58. The normalized spacial score (nSPS) is 10.6. The van der Waals surface area contributed by atoms with Crippen LogP contribution >= 0.6 is 11.3 Å². The van der Waals surface area contributed by atoms with Crippen molar-refractivity contribution < 1.29 is 9.53 Å². The van der Waals surface area contributed by atoms with Crippen molar-refractivity contribution in [2.75, 3.05) is 0 Å². The topological polar surface area (TPSA) is 51.2 Å². The van der Waals surface area contributed by atoms with Gasteiger partial charge in [0.05, 0.1) is 5.69 Å². The van der Waals surface area contributed by atoms with Crippen molar-refractivity contribution in [3.05, 3.63) is 80.8 Å². The summed E-state index contributed by atoms with van der Waals surface area (Å²) in [5.41, 5.74) is 4.21. The van der Waals surface area contributed by atoms with Gasteiger partial charge in [-0.05, 0) is 44.0 Å². The minimum atomic E-state index is -0.0927. The highest BCUT2D eigenvalue weighted by molar-refractivity contribution is 7.13. The summed E-state index contributed by atoms with van der Waals surface area (Å²) in [6.07, 6.45) is 0. The Kier molecular flexibility index (Phi) is 5.68. The summed E-state index contributed by atoms with van der Waals surface area (Å²) in [7, 11) is 0. The maximum atomic E-state index is 12.5. The van der Waals surface area contributed by atoms with Crippen molar-refractivity contribution in [3.63, 3.8) is 0 Å². The minimum absolute atomic E-state index is 0.0927. The molecule has 0 saturated heterocycles. The van der Waals surface area contributed by atoms with Gasteiger partial charge in [-0.1, -0.05) is 42.0 Å². The highest BCUT2D eigenvalue weighted by Crippen LogP contribution is 2.21. The average molecular weight is 366 g/mol. The molecule has 0 aliphatic carbocycles. The summed E-state index contributed by atoms with van der Waals surface area (Å²) in [6.45, 7) is 6.81. The van der Waals surface area contributed by atoms with Gasteiger partial charge in [0.1, 0.15) is 22.2 Å². The van der Waals surface area contributed by atoms with Gasteiger partial charge >= 0.3 is 0 Å². The molecule has 0 spiro atoms. The Morgan fingerprint density at radius 2 is 1.81 bits per heavy atom. The van der Waals surface area contributed by atoms with Crippen molar-refractivity contribution in [1.82, 2.24) is 10.3 Å². The van der Waals surface area contributed by atoms with Crippen LogP contribution in [0.3, 0.4) is 0 Å². The van der Waals surface area contributed by atoms with Crippen LogP contribution in [0.4, 0.5) is 0 Å². The standard InChI is InChI=1S/C21H22N2O2S/c1-14-8-10-18(11-9-14)25-13-19-23-16(3)20(26-19)21(24)22-12-17-7-5-4-6-15(17)2/h4-11H,12-13H2,1-3H3,(H,22,24). The minimum Gasteiger partial charge on any atom is -0.486 e. The van der Waals surface area contributed by atoms with Gasteiger partial charge in [-0.25, -0.2) is 4.98 Å². The van der Waals surface area contributed by atoms with Gasteiger partial charge < -0.3 is 10.1 Å². The molecule has 0 saturated carbocycles. The number of nitrogens with one attached hydrogen (secondary N) is 1. The summed E-state index contributed by atoms with van der Waals surface area (Å²) < 4.78 is 5.76. The molecule has 0 unspecified atom stereocenters. The van der Waals surface area contributed by atoms with Crippen LogP contribution in [0.1, 0.15) is 37.1 Å². The summed E-state index contributed by atoms with van der Waals surface area (Å²) in [5.74, 6) is 0.707. The van der Waals surface area contributed by atoms with Crippen LogP contribution in [-0.2, 0) is 13.2 Å². The molecule has 3 rings (SSSR count). The highest BCUT2D eigenvalue weighted by Gasteiger charge is 2.15. The first-order valence-electron chi connectivity index (χ1n) is 8.51. The van der Waals surface area contributed by atoms with Crippen molar-refractivity contribution >= 4 is 17.2 Å². The van der Waals surface area contributed by atoms with Crippen LogP contribution in [0.2, 0.25) is 0 Å². The number of nitrogens with zero attached hydrogens (tertiary/aromatic N) is 1. The lowest BCUT2D eigenvalue weighted by molar-refractivity contribution is 0.0954. The Balaban J connectivity index is 1.61. The molecule has 1 amide bonds. The number of rotatable bonds is 6. The highest BCUT2D eigenvalue weighted by atomic mass is 32.1. The summed E-state index contributed by atoms with van der Waals surface area (Å²) >= 11 is 1.38. The second-order valence-electron chi connectivity index (χ2n) is 6.23. The van der Waals surface area contributed by atoms with Crippen molar-refractivity contribution in [2.45, 2.75) is 33.9 Å². The van der Waals surface area contributed by atoms with Crippen molar-refractivity contribution in [1.29, 1.82) is 0 Å². The van der Waals surface area contributed by atoms with Gasteiger partial charge in [-0.2, -0.15) is 0 Å². The number of aromatic nitrogens is 1. The number of ether oxygens (including phenoxy) is 1. The zero-order valence-corrected chi connectivity index (χ0v) is 16.0. The zero-order chi connectivity index (χ0) is 18.5. The van der Waals surface area contributed by atoms with Crippen molar-refractivity contribution in [3.8, 4) is 5.75 Å². The van der Waals surface area contributed by atoms with E-state index in [-0.39, 0.29) is 5.91 Å². The molecule has 5 heteroatoms. The van der Waals surface area contributed by atoms with Gasteiger partial charge in [0.15, 0.2) is 0 Å². The molecule has 1 heterocycles. The lowest BCUT2D eigenvalue weighted by Crippen LogP contribution is -2.22. The molecule has 26 heavy (non-hydrogen) atoms. The Labute approximate surface area is 157 Å². The predicted molar refractivity (Wildman–Crippen MR) is 105 cm³/mol. The first-order chi connectivity index (χ1) is 12.5. The molecular weight excluding hydrogens is 344 g/mol. The molecule has 134 valence electrons. The third kappa shape index (κ3) is 4.49. The Hall–Kier alpha value is -2.66. The Morgan fingerprint density at radius 3 is 2.54 bits per heavy atom. The van der Waals surface area contributed by atoms with E-state index in [0.29, 0.717) is 18.0 Å². The van der Waals surface area contributed by atoms with Crippen LogP contribution in [0.15, 0.2) is 48.5 Å². The number of benzene rings is 2. The first kappa shape index (κ1) is 18.1. The number of carbonyl (C=O) groups is 1. The van der Waals surface area contributed by atoms with Gasteiger partial charge in [-0.15, -0.1) is 11.3 Å². The van der Waals surface area contributed by atoms with E-state index in [9.17, 15) is 4.79 Å². The van der Waals surface area contributed by atoms with E-state index in [2.05, 4.69) is 10.3 Å². The van der Waals surface area contributed by atoms with Crippen LogP contribution < -0.4 is 10.1 Å². The van der Waals surface area contributed by atoms with Gasteiger partial charge in [0, 0.05) is 6.54 Å². The third-order valence-electron chi connectivity index (χ3n) is 4.13. The molecule has 0 bridgehead atoms. The van der Waals surface area contributed by atoms with Crippen LogP contribution in [-0.4, -0.2) is 10.9 Å². The number of carbonyl (C=O) groups excluding carboxylic acids is 1. The first-order valence-corrected chi connectivity index (χ1v) is 9.33. The van der Waals surface area contributed by atoms with E-state index in [4.69, 9.17) is 4.74 Å². The molecule has 1 N–H and O–H groups in total. The molecule has 0 aliphatic rings. The van der Waals surface area contributed by atoms with Gasteiger partial charge in [-0.3, -0.25) is 4.79 Å². The smallest absolute Gasteiger partial charge is 0.263 e. The maximum absolute atomic E-state index is 12.5. The van der Waals surface area contributed by atoms with E-state index in [1.54, 1.807) is 0 Å². The Morgan fingerprint density at radius 1 is 1.08 bits per heavy atom. The molecule has 0 atom stereocenters.